The summed E-state index contributed by atoms with van der Waals surface area (Å²) in [7, 11) is -3.06. The quantitative estimate of drug-likeness (QED) is 0.374. The summed E-state index contributed by atoms with van der Waals surface area (Å²) < 4.78 is 107. The van der Waals surface area contributed by atoms with Gasteiger partial charge in [-0.3, -0.25) is 19.8 Å². The Hall–Kier alpha value is -3.59. The monoisotopic (exact) mass is 587 g/mol. The van der Waals surface area contributed by atoms with E-state index in [1.165, 1.54) is 13.1 Å². The number of aromatic nitrogens is 1. The number of sulfonamides is 1. The third-order valence-corrected chi connectivity index (χ3v) is 8.73. The van der Waals surface area contributed by atoms with Crippen molar-refractivity contribution in [2.45, 2.75) is 35.9 Å². The number of hydrogen-bond acceptors (Lipinski definition) is 6. The predicted molar refractivity (Wildman–Crippen MR) is 133 cm³/mol. The van der Waals surface area contributed by atoms with Gasteiger partial charge in [0, 0.05) is 31.8 Å². The molecular formula is C25H23F6N5O3S. The second-order valence-electron chi connectivity index (χ2n) is 9.44. The second-order valence-corrected chi connectivity index (χ2v) is 11.3. The molecule has 1 saturated heterocycles. The van der Waals surface area contributed by atoms with Gasteiger partial charge in [-0.2, -0.15) is 17.5 Å². The van der Waals surface area contributed by atoms with E-state index in [1.54, 1.807) is 0 Å². The third kappa shape index (κ3) is 5.66. The molecule has 2 aliphatic rings. The average molecular weight is 588 g/mol. The van der Waals surface area contributed by atoms with Crippen LogP contribution in [0.4, 0.5) is 26.3 Å². The van der Waals surface area contributed by atoms with Crippen molar-refractivity contribution in [2.75, 3.05) is 20.1 Å². The minimum Gasteiger partial charge on any atom is -0.349 e. The van der Waals surface area contributed by atoms with Crippen molar-refractivity contribution in [3.63, 3.8) is 0 Å². The van der Waals surface area contributed by atoms with Crippen molar-refractivity contribution in [2.24, 2.45) is 15.4 Å². The number of nitrogens with zero attached hydrogens (tertiary/aromatic N) is 4. The number of alkyl halides is 5. The van der Waals surface area contributed by atoms with E-state index in [-0.39, 0.29) is 28.4 Å². The summed E-state index contributed by atoms with van der Waals surface area (Å²) in [5.41, 5.74) is -2.30. The standard InChI is InChI=1S/C25H23F6N5O3S/c1-32-17(9-19(33-2)15-3-8-21(34-11-15)25(29,30)31)12-35-22(37)20-10-23(13-24(23,27)28)14-36(20)40(38,39)18-6-4-16(26)5-7-18/h3-9,11,20H,1,10,12-14H2,2H3,(H,35,37)/b17-9-,33-19?/t20-,23+/m0/s1. The highest BCUT2D eigenvalue weighted by Crippen LogP contribution is 2.66. The molecule has 4 rings (SSSR count). The smallest absolute Gasteiger partial charge is 0.349 e. The molecular weight excluding hydrogens is 564 g/mol. The molecule has 214 valence electrons. The zero-order valence-electron chi connectivity index (χ0n) is 20.9. The van der Waals surface area contributed by atoms with Crippen LogP contribution >= 0.6 is 0 Å². The number of amides is 1. The van der Waals surface area contributed by atoms with Gasteiger partial charge < -0.3 is 5.32 Å². The fraction of sp³-hybridized carbons (Fsp3) is 0.360. The third-order valence-electron chi connectivity index (χ3n) is 6.87. The van der Waals surface area contributed by atoms with Crippen molar-refractivity contribution in [1.82, 2.24) is 14.6 Å². The maximum absolute atomic E-state index is 14.2. The molecule has 2 heterocycles. The first-order chi connectivity index (χ1) is 18.6. The molecule has 1 aliphatic carbocycles. The molecule has 2 atom stereocenters. The Morgan fingerprint density at radius 3 is 2.38 bits per heavy atom. The van der Waals surface area contributed by atoms with Gasteiger partial charge in [0.05, 0.1) is 28.3 Å². The molecule has 15 heteroatoms. The highest BCUT2D eigenvalue weighted by molar-refractivity contribution is 7.89. The van der Waals surface area contributed by atoms with E-state index in [4.69, 9.17) is 0 Å². The molecule has 0 bridgehead atoms. The van der Waals surface area contributed by atoms with Gasteiger partial charge >= 0.3 is 6.18 Å². The van der Waals surface area contributed by atoms with Gasteiger partial charge in [0.1, 0.15) is 17.6 Å². The highest BCUT2D eigenvalue weighted by atomic mass is 32.2. The molecule has 8 nitrogen and oxygen atoms in total. The molecule has 0 radical (unpaired) electrons. The predicted octanol–water partition coefficient (Wildman–Crippen LogP) is 3.85. The maximum atomic E-state index is 14.2. The number of halogens is 6. The number of pyridine rings is 1. The molecule has 1 aromatic heterocycles. The van der Waals surface area contributed by atoms with Gasteiger partial charge in [0.25, 0.3) is 5.92 Å². The van der Waals surface area contributed by atoms with E-state index in [2.05, 4.69) is 27.0 Å². The van der Waals surface area contributed by atoms with Gasteiger partial charge in [-0.15, -0.1) is 0 Å². The van der Waals surface area contributed by atoms with Gasteiger partial charge in [0.2, 0.25) is 15.9 Å². The van der Waals surface area contributed by atoms with Crippen molar-refractivity contribution in [3.05, 3.63) is 71.4 Å². The zero-order valence-corrected chi connectivity index (χ0v) is 21.7. The number of carbonyl (C=O) groups excluding carboxylic acids is 1. The molecule has 40 heavy (non-hydrogen) atoms. The van der Waals surface area contributed by atoms with E-state index < -0.39 is 70.4 Å². The average Bonchev–Trinajstić information content (AvgIpc) is 3.21. The first kappa shape index (κ1) is 29.4. The summed E-state index contributed by atoms with van der Waals surface area (Å²) in [6.07, 6.45) is -3.33. The van der Waals surface area contributed by atoms with Crippen LogP contribution in [0.15, 0.2) is 69.2 Å². The van der Waals surface area contributed by atoms with Crippen LogP contribution in [0, 0.1) is 11.2 Å². The summed E-state index contributed by atoms with van der Waals surface area (Å²) in [6.45, 7) is 2.48. The number of benzene rings is 1. The van der Waals surface area contributed by atoms with Crippen LogP contribution in [0.3, 0.4) is 0 Å². The fourth-order valence-electron chi connectivity index (χ4n) is 4.53. The van der Waals surface area contributed by atoms with Gasteiger partial charge in [0.15, 0.2) is 0 Å². The number of allylic oxidation sites excluding steroid dienone is 1. The maximum Gasteiger partial charge on any atom is 0.433 e. The van der Waals surface area contributed by atoms with E-state index in [1.807, 2.05) is 0 Å². The highest BCUT2D eigenvalue weighted by Gasteiger charge is 2.76. The van der Waals surface area contributed by atoms with Gasteiger partial charge in [-0.05, 0) is 55.6 Å². The minimum atomic E-state index is -4.63. The van der Waals surface area contributed by atoms with E-state index >= 15 is 0 Å². The number of nitrogens with one attached hydrogen (secondary N) is 1. The molecule has 1 N–H and O–H groups in total. The Labute approximate surface area is 225 Å². The van der Waals surface area contributed by atoms with E-state index in [0.717, 1.165) is 42.6 Å². The molecule has 1 amide bonds. The van der Waals surface area contributed by atoms with Gasteiger partial charge in [-0.25, -0.2) is 21.6 Å². The number of hydrogen-bond donors (Lipinski definition) is 1. The molecule has 1 aromatic carbocycles. The lowest BCUT2D eigenvalue weighted by atomic mass is 10.0. The molecule has 1 spiro atoms. The van der Waals surface area contributed by atoms with E-state index in [0.29, 0.717) is 4.31 Å². The van der Waals surface area contributed by atoms with Crippen LogP contribution in [-0.4, -0.2) is 68.1 Å². The largest absolute Gasteiger partial charge is 0.433 e. The van der Waals surface area contributed by atoms with Crippen LogP contribution < -0.4 is 5.32 Å². The SMILES string of the molecule is C=N/C(=C\C(=NC)c1ccc(C(F)(F)F)nc1)CNC(=O)[C@@H]1C[C@]2(CN1S(=O)(=O)c1ccc(F)cc1)CC2(F)F. The van der Waals surface area contributed by atoms with Crippen molar-refractivity contribution >= 4 is 28.4 Å². The molecule has 0 unspecified atom stereocenters. The lowest BCUT2D eigenvalue weighted by Gasteiger charge is -2.23. The summed E-state index contributed by atoms with van der Waals surface area (Å²) in [5.74, 6) is -4.71. The van der Waals surface area contributed by atoms with E-state index in [9.17, 15) is 39.6 Å². The minimum absolute atomic E-state index is 0.103. The lowest BCUT2D eigenvalue weighted by Crippen LogP contribution is -2.46. The van der Waals surface area contributed by atoms with Crippen LogP contribution in [-0.2, 0) is 21.0 Å². The Balaban J connectivity index is 1.53. The van der Waals surface area contributed by atoms with Crippen molar-refractivity contribution in [3.8, 4) is 0 Å². The number of aliphatic imine (C=N–C) groups is 2. The Bertz CT molecular complexity index is 1470. The Morgan fingerprint density at radius 1 is 1.23 bits per heavy atom. The fourth-order valence-corrected chi connectivity index (χ4v) is 6.21. The summed E-state index contributed by atoms with van der Waals surface area (Å²) in [6, 6.07) is 4.24. The topological polar surface area (TPSA) is 104 Å². The molecule has 1 saturated carbocycles. The Kier molecular flexibility index (Phi) is 7.66. The van der Waals surface area contributed by atoms with Crippen LogP contribution in [0.25, 0.3) is 0 Å². The number of carbonyl (C=O) groups is 1. The first-order valence-corrected chi connectivity index (χ1v) is 13.2. The summed E-state index contributed by atoms with van der Waals surface area (Å²) in [4.78, 5) is 23.9. The van der Waals surface area contributed by atoms with Crippen LogP contribution in [0.5, 0.6) is 0 Å². The Morgan fingerprint density at radius 2 is 1.88 bits per heavy atom. The van der Waals surface area contributed by atoms with Crippen molar-refractivity contribution < 1.29 is 39.6 Å². The number of rotatable bonds is 8. The zero-order chi connectivity index (χ0) is 29.5. The van der Waals surface area contributed by atoms with Crippen molar-refractivity contribution in [1.29, 1.82) is 0 Å². The molecule has 2 aromatic rings. The normalized spacial score (nSPS) is 23.3. The second kappa shape index (κ2) is 10.4. The lowest BCUT2D eigenvalue weighted by molar-refractivity contribution is -0.141. The summed E-state index contributed by atoms with van der Waals surface area (Å²) in [5, 5.41) is 2.47. The van der Waals surface area contributed by atoms with Crippen LogP contribution in [0.1, 0.15) is 24.1 Å². The first-order valence-electron chi connectivity index (χ1n) is 11.7. The molecule has 1 aliphatic heterocycles. The van der Waals surface area contributed by atoms with Gasteiger partial charge in [-0.1, -0.05) is 0 Å². The van der Waals surface area contributed by atoms with Crippen LogP contribution in [0.2, 0.25) is 0 Å². The molecule has 2 fully saturated rings. The summed E-state index contributed by atoms with van der Waals surface area (Å²) >= 11 is 0.